The molecule has 1 aromatic heterocycles. The molecule has 0 aliphatic rings. The quantitative estimate of drug-likeness (QED) is 0.887. The Morgan fingerprint density at radius 2 is 2.24 bits per heavy atom. The summed E-state index contributed by atoms with van der Waals surface area (Å²) in [4.78, 5) is 11.1. The van der Waals surface area contributed by atoms with Crippen LogP contribution < -0.4 is 5.32 Å². The largest absolute Gasteiger partial charge is 0.464 e. The summed E-state index contributed by atoms with van der Waals surface area (Å²) in [7, 11) is 0. The standard InChI is InChI=1S/C12H9ClFNO2/c1-7(16)15-11-6-9(13)10(14)5-8(11)12-3-2-4-17-12/h2-6H,1H3,(H,15,16). The first-order chi connectivity index (χ1) is 8.08. The Morgan fingerprint density at radius 1 is 1.47 bits per heavy atom. The van der Waals surface area contributed by atoms with E-state index in [1.54, 1.807) is 12.1 Å². The lowest BCUT2D eigenvalue weighted by molar-refractivity contribution is -0.114. The van der Waals surface area contributed by atoms with Gasteiger partial charge in [-0.2, -0.15) is 0 Å². The van der Waals surface area contributed by atoms with Crippen LogP contribution in [0.3, 0.4) is 0 Å². The third kappa shape index (κ3) is 2.47. The van der Waals surface area contributed by atoms with Gasteiger partial charge in [0.15, 0.2) is 0 Å². The number of nitrogens with one attached hydrogen (secondary N) is 1. The zero-order chi connectivity index (χ0) is 12.4. The molecule has 0 saturated heterocycles. The SMILES string of the molecule is CC(=O)Nc1cc(Cl)c(F)cc1-c1ccco1. The molecule has 0 spiro atoms. The van der Waals surface area contributed by atoms with E-state index < -0.39 is 5.82 Å². The highest BCUT2D eigenvalue weighted by molar-refractivity contribution is 6.31. The fraction of sp³-hybridized carbons (Fsp3) is 0.0833. The third-order valence-corrected chi connectivity index (χ3v) is 2.45. The summed E-state index contributed by atoms with van der Waals surface area (Å²) >= 11 is 5.67. The smallest absolute Gasteiger partial charge is 0.221 e. The lowest BCUT2D eigenvalue weighted by Gasteiger charge is -2.09. The van der Waals surface area contributed by atoms with E-state index in [0.717, 1.165) is 0 Å². The molecule has 0 bridgehead atoms. The van der Waals surface area contributed by atoms with Gasteiger partial charge in [0.05, 0.1) is 17.0 Å². The molecule has 1 N–H and O–H groups in total. The average Bonchev–Trinajstić information content (AvgIpc) is 2.75. The Labute approximate surface area is 102 Å². The monoisotopic (exact) mass is 253 g/mol. The van der Waals surface area contributed by atoms with E-state index >= 15 is 0 Å². The van der Waals surface area contributed by atoms with Crippen molar-refractivity contribution < 1.29 is 13.6 Å². The number of hydrogen-bond acceptors (Lipinski definition) is 2. The van der Waals surface area contributed by atoms with E-state index in [1.165, 1.54) is 25.3 Å². The maximum absolute atomic E-state index is 13.4. The minimum absolute atomic E-state index is 0.0518. The number of hydrogen-bond donors (Lipinski definition) is 1. The predicted octanol–water partition coefficient (Wildman–Crippen LogP) is 3.70. The number of amides is 1. The van der Waals surface area contributed by atoms with E-state index in [2.05, 4.69) is 5.32 Å². The molecule has 2 rings (SSSR count). The zero-order valence-corrected chi connectivity index (χ0v) is 9.72. The second-order valence-electron chi connectivity index (χ2n) is 3.47. The number of halogens is 2. The molecule has 1 amide bonds. The van der Waals surface area contributed by atoms with E-state index in [9.17, 15) is 9.18 Å². The summed E-state index contributed by atoms with van der Waals surface area (Å²) in [5.74, 6) is -0.364. The average molecular weight is 254 g/mol. The van der Waals surface area contributed by atoms with Crippen LogP contribution in [-0.4, -0.2) is 5.91 Å². The number of rotatable bonds is 2. The highest BCUT2D eigenvalue weighted by Crippen LogP contribution is 2.32. The van der Waals surface area contributed by atoms with Gasteiger partial charge < -0.3 is 9.73 Å². The molecule has 0 atom stereocenters. The number of furan rings is 1. The van der Waals surface area contributed by atoms with E-state index in [0.29, 0.717) is 17.0 Å². The molecule has 1 aromatic carbocycles. The van der Waals surface area contributed by atoms with Crippen molar-refractivity contribution in [3.8, 4) is 11.3 Å². The van der Waals surface area contributed by atoms with Crippen molar-refractivity contribution in [2.24, 2.45) is 0 Å². The van der Waals surface area contributed by atoms with Crippen LogP contribution in [0.1, 0.15) is 6.92 Å². The molecule has 0 aliphatic carbocycles. The lowest BCUT2D eigenvalue weighted by atomic mass is 10.1. The number of anilines is 1. The van der Waals surface area contributed by atoms with Gasteiger partial charge in [0.1, 0.15) is 11.6 Å². The van der Waals surface area contributed by atoms with Gasteiger partial charge in [-0.3, -0.25) is 4.79 Å². The van der Waals surface area contributed by atoms with Crippen LogP contribution >= 0.6 is 11.6 Å². The number of carbonyl (C=O) groups excluding carboxylic acids is 1. The summed E-state index contributed by atoms with van der Waals surface area (Å²) in [5.41, 5.74) is 0.867. The first-order valence-corrected chi connectivity index (χ1v) is 5.26. The van der Waals surface area contributed by atoms with Gasteiger partial charge >= 0.3 is 0 Å². The van der Waals surface area contributed by atoms with Crippen LogP contribution in [0.2, 0.25) is 5.02 Å². The van der Waals surface area contributed by atoms with Crippen molar-refractivity contribution in [1.82, 2.24) is 0 Å². The second kappa shape index (κ2) is 4.59. The van der Waals surface area contributed by atoms with Gasteiger partial charge in [0.25, 0.3) is 0 Å². The molecular formula is C12H9ClFNO2. The highest BCUT2D eigenvalue weighted by Gasteiger charge is 2.13. The fourth-order valence-corrected chi connectivity index (χ4v) is 1.64. The normalized spacial score (nSPS) is 10.3. The Morgan fingerprint density at radius 3 is 2.82 bits per heavy atom. The van der Waals surface area contributed by atoms with E-state index in [-0.39, 0.29) is 10.9 Å². The van der Waals surface area contributed by atoms with Crippen molar-refractivity contribution in [2.75, 3.05) is 5.32 Å². The van der Waals surface area contributed by atoms with E-state index in [1.807, 2.05) is 0 Å². The second-order valence-corrected chi connectivity index (χ2v) is 3.88. The van der Waals surface area contributed by atoms with Crippen molar-refractivity contribution in [1.29, 1.82) is 0 Å². The summed E-state index contributed by atoms with van der Waals surface area (Å²) in [6.45, 7) is 1.36. The van der Waals surface area contributed by atoms with Gasteiger partial charge in [-0.1, -0.05) is 11.6 Å². The highest BCUT2D eigenvalue weighted by atomic mass is 35.5. The lowest BCUT2D eigenvalue weighted by Crippen LogP contribution is -2.07. The molecule has 0 saturated carbocycles. The number of benzene rings is 1. The molecule has 5 heteroatoms. The van der Waals surface area contributed by atoms with Crippen LogP contribution in [0.25, 0.3) is 11.3 Å². The van der Waals surface area contributed by atoms with Crippen LogP contribution in [0.4, 0.5) is 10.1 Å². The Hall–Kier alpha value is -1.81. The Bertz CT molecular complexity index is 552. The van der Waals surface area contributed by atoms with Crippen molar-refractivity contribution >= 4 is 23.2 Å². The minimum atomic E-state index is -0.563. The molecule has 0 fully saturated rings. The summed E-state index contributed by atoms with van der Waals surface area (Å²) in [5, 5.41) is 2.53. The molecule has 17 heavy (non-hydrogen) atoms. The first-order valence-electron chi connectivity index (χ1n) is 4.88. The van der Waals surface area contributed by atoms with Crippen LogP contribution in [0.15, 0.2) is 34.9 Å². The topological polar surface area (TPSA) is 42.2 Å². The Kier molecular flexibility index (Phi) is 3.15. The first kappa shape index (κ1) is 11.7. The molecule has 2 aromatic rings. The number of carbonyl (C=O) groups is 1. The predicted molar refractivity (Wildman–Crippen MR) is 63.4 cm³/mol. The van der Waals surface area contributed by atoms with Crippen molar-refractivity contribution in [3.05, 3.63) is 41.4 Å². The van der Waals surface area contributed by atoms with Crippen molar-refractivity contribution in [3.63, 3.8) is 0 Å². The maximum atomic E-state index is 13.4. The van der Waals surface area contributed by atoms with Gasteiger partial charge in [-0.05, 0) is 24.3 Å². The molecule has 0 radical (unpaired) electrons. The van der Waals surface area contributed by atoms with Gasteiger partial charge in [-0.15, -0.1) is 0 Å². The summed E-state index contributed by atoms with van der Waals surface area (Å²) < 4.78 is 18.6. The third-order valence-electron chi connectivity index (χ3n) is 2.16. The summed E-state index contributed by atoms with van der Waals surface area (Å²) in [6.07, 6.45) is 1.47. The molecule has 88 valence electrons. The van der Waals surface area contributed by atoms with Crippen molar-refractivity contribution in [2.45, 2.75) is 6.92 Å². The maximum Gasteiger partial charge on any atom is 0.221 e. The van der Waals surface area contributed by atoms with Crippen LogP contribution in [0.5, 0.6) is 0 Å². The van der Waals surface area contributed by atoms with Crippen LogP contribution in [0, 0.1) is 5.82 Å². The zero-order valence-electron chi connectivity index (χ0n) is 8.96. The van der Waals surface area contributed by atoms with Gasteiger partial charge in [0.2, 0.25) is 5.91 Å². The van der Waals surface area contributed by atoms with Crippen LogP contribution in [-0.2, 0) is 4.79 Å². The molecule has 1 heterocycles. The van der Waals surface area contributed by atoms with E-state index in [4.69, 9.17) is 16.0 Å². The minimum Gasteiger partial charge on any atom is -0.464 e. The fourth-order valence-electron chi connectivity index (χ4n) is 1.48. The summed E-state index contributed by atoms with van der Waals surface area (Å²) in [6, 6.07) is 5.94. The molecule has 0 aliphatic heterocycles. The molecular weight excluding hydrogens is 245 g/mol. The Balaban J connectivity index is 2.55. The molecule has 3 nitrogen and oxygen atoms in total. The molecule has 0 unspecified atom stereocenters. The van der Waals surface area contributed by atoms with Gasteiger partial charge in [-0.25, -0.2) is 4.39 Å². The van der Waals surface area contributed by atoms with Gasteiger partial charge in [0, 0.05) is 12.5 Å².